The number of aliphatic imine (C=N–C) groups is 1. The Kier molecular flexibility index (Phi) is 8.62. The predicted octanol–water partition coefficient (Wildman–Crippen LogP) is -1.72. The minimum Gasteiger partial charge on any atom is -0.508 e. The molecule has 0 bridgehead atoms. The van der Waals surface area contributed by atoms with Crippen LogP contribution in [0.4, 0.5) is 0 Å². The second-order valence-electron chi connectivity index (χ2n) is 7.58. The summed E-state index contributed by atoms with van der Waals surface area (Å²) in [6.07, 6.45) is 2.10. The van der Waals surface area contributed by atoms with E-state index in [0.29, 0.717) is 32.4 Å². The van der Waals surface area contributed by atoms with E-state index in [1.807, 2.05) is 0 Å². The first-order valence-corrected chi connectivity index (χ1v) is 10.2. The number of nitrogens with one attached hydrogen (secondary N) is 1. The fourth-order valence-electron chi connectivity index (χ4n) is 3.54. The van der Waals surface area contributed by atoms with Crippen molar-refractivity contribution in [1.29, 1.82) is 0 Å². The molecule has 1 aromatic rings. The largest absolute Gasteiger partial charge is 0.508 e. The number of guanidine groups is 1. The molecule has 11 nitrogen and oxygen atoms in total. The topological polar surface area (TPSA) is 203 Å². The van der Waals surface area contributed by atoms with Crippen molar-refractivity contribution in [3.8, 4) is 5.75 Å². The van der Waals surface area contributed by atoms with Gasteiger partial charge in [0, 0.05) is 13.1 Å². The van der Waals surface area contributed by atoms with E-state index in [0.717, 1.165) is 5.56 Å². The Morgan fingerprint density at radius 3 is 2.48 bits per heavy atom. The summed E-state index contributed by atoms with van der Waals surface area (Å²) in [5, 5.41) is 12.1. The smallest absolute Gasteiger partial charge is 0.245 e. The number of phenols is 1. The molecule has 3 amide bonds. The molecule has 170 valence electrons. The molecule has 11 heteroatoms. The summed E-state index contributed by atoms with van der Waals surface area (Å²) < 4.78 is 0. The van der Waals surface area contributed by atoms with Crippen LogP contribution >= 0.6 is 0 Å². The average molecular weight is 434 g/mol. The number of hydrogen-bond donors (Lipinski definition) is 6. The molecule has 1 fully saturated rings. The molecular weight excluding hydrogens is 402 g/mol. The van der Waals surface area contributed by atoms with Gasteiger partial charge in [-0.05, 0) is 49.8 Å². The molecule has 0 spiro atoms. The Morgan fingerprint density at radius 1 is 1.19 bits per heavy atom. The maximum atomic E-state index is 13.1. The maximum Gasteiger partial charge on any atom is 0.245 e. The van der Waals surface area contributed by atoms with Crippen LogP contribution in [0, 0.1) is 0 Å². The summed E-state index contributed by atoms with van der Waals surface area (Å²) in [4.78, 5) is 42.8. The van der Waals surface area contributed by atoms with E-state index < -0.39 is 29.9 Å². The second-order valence-corrected chi connectivity index (χ2v) is 7.58. The lowest BCUT2D eigenvalue weighted by Crippen LogP contribution is -2.55. The molecule has 1 aliphatic heterocycles. The van der Waals surface area contributed by atoms with Gasteiger partial charge in [0.15, 0.2) is 5.96 Å². The van der Waals surface area contributed by atoms with E-state index >= 15 is 0 Å². The third kappa shape index (κ3) is 7.14. The van der Waals surface area contributed by atoms with Gasteiger partial charge < -0.3 is 38.3 Å². The summed E-state index contributed by atoms with van der Waals surface area (Å²) in [5.41, 5.74) is 22.9. The fourth-order valence-corrected chi connectivity index (χ4v) is 3.54. The third-order valence-electron chi connectivity index (χ3n) is 5.15. The normalized spacial score (nSPS) is 17.6. The Hall–Kier alpha value is -3.34. The molecule has 0 radical (unpaired) electrons. The van der Waals surface area contributed by atoms with Gasteiger partial charge in [-0.3, -0.25) is 19.4 Å². The molecule has 3 atom stereocenters. The Bertz CT molecular complexity index is 808. The van der Waals surface area contributed by atoms with Gasteiger partial charge in [-0.1, -0.05) is 12.1 Å². The number of nitrogens with zero attached hydrogens (tertiary/aromatic N) is 2. The molecule has 3 unspecified atom stereocenters. The van der Waals surface area contributed by atoms with Gasteiger partial charge in [0.25, 0.3) is 0 Å². The summed E-state index contributed by atoms with van der Waals surface area (Å²) in [6, 6.07) is 3.89. The van der Waals surface area contributed by atoms with Gasteiger partial charge in [0.2, 0.25) is 17.7 Å². The zero-order chi connectivity index (χ0) is 23.0. The molecule has 0 aromatic heterocycles. The SMILES string of the molecule is NC(=O)C1CCCN1C(=O)C(CCCN=C(N)N)NC(=O)C(N)Cc1ccc(O)cc1. The Labute approximate surface area is 180 Å². The first kappa shape index (κ1) is 23.9. The standard InChI is InChI=1S/C20H31N7O4/c21-14(11-12-5-7-13(28)8-6-12)18(30)26-15(3-1-9-25-20(23)24)19(31)27-10-2-4-16(27)17(22)29/h5-8,14-16,28H,1-4,9-11,21H2,(H2,22,29)(H,26,30)(H4,23,24,25). The lowest BCUT2D eigenvalue weighted by Gasteiger charge is -2.28. The van der Waals surface area contributed by atoms with Crippen LogP contribution in [-0.2, 0) is 20.8 Å². The van der Waals surface area contributed by atoms with Crippen molar-refractivity contribution < 1.29 is 19.5 Å². The van der Waals surface area contributed by atoms with Crippen molar-refractivity contribution in [2.45, 2.75) is 50.2 Å². The lowest BCUT2D eigenvalue weighted by molar-refractivity contribution is -0.140. The number of rotatable bonds is 10. The first-order chi connectivity index (χ1) is 14.7. The monoisotopic (exact) mass is 433 g/mol. The van der Waals surface area contributed by atoms with Crippen LogP contribution in [0.25, 0.3) is 0 Å². The van der Waals surface area contributed by atoms with Crippen molar-refractivity contribution in [1.82, 2.24) is 10.2 Å². The molecule has 1 aliphatic rings. The molecular formula is C20H31N7O4. The minimum absolute atomic E-state index is 0.0591. The number of carbonyl (C=O) groups is 3. The van der Waals surface area contributed by atoms with Crippen molar-refractivity contribution in [2.75, 3.05) is 13.1 Å². The molecule has 0 saturated carbocycles. The third-order valence-corrected chi connectivity index (χ3v) is 5.15. The highest BCUT2D eigenvalue weighted by atomic mass is 16.3. The second kappa shape index (κ2) is 11.2. The number of likely N-dealkylation sites (tertiary alicyclic amines) is 1. The van der Waals surface area contributed by atoms with Gasteiger partial charge >= 0.3 is 0 Å². The summed E-state index contributed by atoms with van der Waals surface area (Å²) in [6.45, 7) is 0.688. The lowest BCUT2D eigenvalue weighted by atomic mass is 10.0. The molecule has 2 rings (SSSR count). The zero-order valence-corrected chi connectivity index (χ0v) is 17.4. The van der Waals surface area contributed by atoms with E-state index in [1.54, 1.807) is 12.1 Å². The van der Waals surface area contributed by atoms with Crippen molar-refractivity contribution in [3.63, 3.8) is 0 Å². The zero-order valence-electron chi connectivity index (χ0n) is 17.4. The summed E-state index contributed by atoms with van der Waals surface area (Å²) in [7, 11) is 0. The summed E-state index contributed by atoms with van der Waals surface area (Å²) in [5.74, 6) is -1.39. The van der Waals surface area contributed by atoms with Crippen LogP contribution in [-0.4, -0.2) is 64.9 Å². The number of primary amides is 1. The van der Waals surface area contributed by atoms with Crippen molar-refractivity contribution >= 4 is 23.7 Å². The van der Waals surface area contributed by atoms with Gasteiger partial charge in [0.1, 0.15) is 17.8 Å². The van der Waals surface area contributed by atoms with Crippen molar-refractivity contribution in [2.24, 2.45) is 27.9 Å². The van der Waals surface area contributed by atoms with Gasteiger partial charge in [-0.25, -0.2) is 0 Å². The van der Waals surface area contributed by atoms with E-state index in [-0.39, 0.29) is 30.5 Å². The first-order valence-electron chi connectivity index (χ1n) is 10.2. The number of nitrogens with two attached hydrogens (primary N) is 4. The van der Waals surface area contributed by atoms with Gasteiger partial charge in [0.05, 0.1) is 6.04 Å². The van der Waals surface area contributed by atoms with Crippen LogP contribution in [0.2, 0.25) is 0 Å². The van der Waals surface area contributed by atoms with E-state index in [4.69, 9.17) is 22.9 Å². The maximum absolute atomic E-state index is 13.1. The van der Waals surface area contributed by atoms with Crippen LogP contribution in [0.1, 0.15) is 31.2 Å². The molecule has 10 N–H and O–H groups in total. The van der Waals surface area contributed by atoms with E-state index in [2.05, 4.69) is 10.3 Å². The highest BCUT2D eigenvalue weighted by molar-refractivity contribution is 5.93. The predicted molar refractivity (Wildman–Crippen MR) is 116 cm³/mol. The Morgan fingerprint density at radius 2 is 1.87 bits per heavy atom. The average Bonchev–Trinajstić information content (AvgIpc) is 3.21. The highest BCUT2D eigenvalue weighted by Gasteiger charge is 2.36. The number of phenolic OH excluding ortho intramolecular Hbond substituents is 1. The van der Waals surface area contributed by atoms with Gasteiger partial charge in [-0.15, -0.1) is 0 Å². The molecule has 1 aromatic carbocycles. The number of aromatic hydroxyl groups is 1. The minimum atomic E-state index is -0.900. The highest BCUT2D eigenvalue weighted by Crippen LogP contribution is 2.19. The summed E-state index contributed by atoms with van der Waals surface area (Å²) >= 11 is 0. The van der Waals surface area contributed by atoms with Crippen LogP contribution < -0.4 is 28.3 Å². The molecule has 1 saturated heterocycles. The fraction of sp³-hybridized carbons (Fsp3) is 0.500. The number of benzene rings is 1. The van der Waals surface area contributed by atoms with Crippen LogP contribution in [0.5, 0.6) is 5.75 Å². The number of hydrogen-bond acceptors (Lipinski definition) is 6. The van der Waals surface area contributed by atoms with E-state index in [9.17, 15) is 19.5 Å². The van der Waals surface area contributed by atoms with E-state index in [1.165, 1.54) is 17.0 Å². The molecule has 0 aliphatic carbocycles. The Balaban J connectivity index is 2.06. The number of carbonyl (C=O) groups excluding carboxylic acids is 3. The van der Waals surface area contributed by atoms with Gasteiger partial charge in [-0.2, -0.15) is 0 Å². The molecule has 31 heavy (non-hydrogen) atoms. The molecule has 1 heterocycles. The van der Waals surface area contributed by atoms with Crippen molar-refractivity contribution in [3.05, 3.63) is 29.8 Å². The van der Waals surface area contributed by atoms with Crippen LogP contribution in [0.15, 0.2) is 29.3 Å². The quantitative estimate of drug-likeness (QED) is 0.143. The number of amides is 3. The van der Waals surface area contributed by atoms with Crippen LogP contribution in [0.3, 0.4) is 0 Å².